The number of rotatable bonds is 0. The molecule has 2 saturated heterocycles. The van der Waals surface area contributed by atoms with E-state index in [1.54, 1.807) is 44.5 Å². The first-order chi connectivity index (χ1) is 16.9. The Labute approximate surface area is 212 Å². The molecule has 0 nitrogen and oxygen atoms in total. The molecule has 4 aromatic rings. The summed E-state index contributed by atoms with van der Waals surface area (Å²) in [5, 5.41) is 0. The summed E-state index contributed by atoms with van der Waals surface area (Å²) in [7, 11) is 0. The van der Waals surface area contributed by atoms with E-state index in [0.29, 0.717) is 41.7 Å². The second kappa shape index (κ2) is 5.66. The molecule has 2 spiro atoms. The molecule has 2 heteroatoms. The van der Waals surface area contributed by atoms with E-state index in [4.69, 9.17) is 0 Å². The molecule has 0 amide bonds. The van der Waals surface area contributed by atoms with E-state index in [-0.39, 0.29) is 8.63 Å². The zero-order chi connectivity index (χ0) is 21.8. The van der Waals surface area contributed by atoms with Crippen LogP contribution in [0.5, 0.6) is 0 Å². The summed E-state index contributed by atoms with van der Waals surface area (Å²) >= 11 is 1.07. The van der Waals surface area contributed by atoms with E-state index in [1.165, 1.54) is 0 Å². The van der Waals surface area contributed by atoms with Crippen LogP contribution in [0.15, 0.2) is 97.1 Å². The van der Waals surface area contributed by atoms with Crippen LogP contribution in [0.25, 0.3) is 0 Å². The van der Waals surface area contributed by atoms with Crippen LogP contribution in [0.2, 0.25) is 9.63 Å². The van der Waals surface area contributed by atoms with Gasteiger partial charge in [0, 0.05) is 0 Å². The van der Waals surface area contributed by atoms with Gasteiger partial charge < -0.3 is 0 Å². The molecular weight excluding hydrogens is 542 g/mol. The molecule has 4 bridgehead atoms. The summed E-state index contributed by atoms with van der Waals surface area (Å²) in [5.74, 6) is 2.81. The van der Waals surface area contributed by atoms with Crippen molar-refractivity contribution in [2.75, 3.05) is 0 Å². The van der Waals surface area contributed by atoms with Gasteiger partial charge in [-0.25, -0.2) is 0 Å². The second-order valence-corrected chi connectivity index (χ2v) is 17.0. The van der Waals surface area contributed by atoms with Crippen LogP contribution < -0.4 is 0 Å². The van der Waals surface area contributed by atoms with Crippen molar-refractivity contribution in [3.63, 3.8) is 0 Å². The molecule has 4 atom stereocenters. The van der Waals surface area contributed by atoms with Gasteiger partial charge in [-0.1, -0.05) is 0 Å². The molecule has 4 aromatic carbocycles. The van der Waals surface area contributed by atoms with Crippen molar-refractivity contribution in [2.45, 2.75) is 30.1 Å². The van der Waals surface area contributed by atoms with Crippen molar-refractivity contribution in [3.8, 4) is 0 Å². The summed E-state index contributed by atoms with van der Waals surface area (Å²) in [6.07, 6.45) is 0. The first kappa shape index (κ1) is 18.2. The van der Waals surface area contributed by atoms with Gasteiger partial charge in [-0.05, 0) is 0 Å². The first-order valence-electron chi connectivity index (χ1n) is 12.6. The van der Waals surface area contributed by atoms with Gasteiger partial charge in [0.2, 0.25) is 0 Å². The van der Waals surface area contributed by atoms with Crippen LogP contribution in [0.4, 0.5) is 0 Å². The predicted molar refractivity (Wildman–Crippen MR) is 137 cm³/mol. The molecule has 162 valence electrons. The topological polar surface area (TPSA) is 0 Å². The fourth-order valence-electron chi connectivity index (χ4n) is 9.39. The molecule has 8 aliphatic rings. The van der Waals surface area contributed by atoms with Crippen molar-refractivity contribution in [2.24, 2.45) is 11.8 Å². The summed E-state index contributed by atoms with van der Waals surface area (Å²) in [6, 6.07) is 38.7. The van der Waals surface area contributed by atoms with Crippen molar-refractivity contribution < 1.29 is 0 Å². The van der Waals surface area contributed by atoms with Crippen molar-refractivity contribution in [3.05, 3.63) is 142 Å². The Morgan fingerprint density at radius 3 is 1.03 bits per heavy atom. The van der Waals surface area contributed by atoms with Gasteiger partial charge in [-0.15, -0.1) is 0 Å². The van der Waals surface area contributed by atoms with Gasteiger partial charge in [0.05, 0.1) is 0 Å². The Morgan fingerprint density at radius 1 is 0.412 bits per heavy atom. The molecule has 2 aliphatic heterocycles. The maximum atomic E-state index is 2.54. The van der Waals surface area contributed by atoms with Crippen LogP contribution in [-0.4, -0.2) is 29.9 Å². The average molecular weight is 564 g/mol. The van der Waals surface area contributed by atoms with Crippen LogP contribution in [0.1, 0.15) is 56.3 Å². The first-order valence-corrected chi connectivity index (χ1v) is 16.3. The monoisotopic (exact) mass is 566 g/mol. The van der Waals surface area contributed by atoms with E-state index in [2.05, 4.69) is 97.1 Å². The molecular formula is C32H22Se2. The maximum absolute atomic E-state index is 2.54. The van der Waals surface area contributed by atoms with Crippen LogP contribution in [0.3, 0.4) is 0 Å². The second-order valence-electron chi connectivity index (χ2n) is 11.0. The van der Waals surface area contributed by atoms with Crippen LogP contribution in [-0.2, 0) is 8.63 Å². The zero-order valence-electron chi connectivity index (χ0n) is 18.5. The molecule has 34 heavy (non-hydrogen) atoms. The minimum absolute atomic E-state index is 0.265. The number of hydrogen-bond acceptors (Lipinski definition) is 0. The number of benzene rings is 4. The van der Waals surface area contributed by atoms with E-state index in [0.717, 1.165) is 21.5 Å². The minimum atomic E-state index is 0.265. The summed E-state index contributed by atoms with van der Waals surface area (Å²) < 4.78 is 0.529. The Morgan fingerprint density at radius 2 is 0.706 bits per heavy atom. The normalized spacial score (nSPS) is 39.8. The quantitative estimate of drug-likeness (QED) is 0.229. The fraction of sp³-hybridized carbons (Fsp3) is 0.250. The van der Waals surface area contributed by atoms with Gasteiger partial charge >= 0.3 is 213 Å². The molecule has 6 aliphatic carbocycles. The third-order valence-corrected chi connectivity index (χ3v) is 18.2. The molecule has 2 fully saturated rings. The molecule has 0 saturated carbocycles. The Balaban J connectivity index is 1.37. The number of hydrogen-bond donors (Lipinski definition) is 0. The molecule has 0 radical (unpaired) electrons. The van der Waals surface area contributed by atoms with E-state index in [9.17, 15) is 0 Å². The summed E-state index contributed by atoms with van der Waals surface area (Å²) in [6.45, 7) is 0. The predicted octanol–water partition coefficient (Wildman–Crippen LogP) is 6.04. The third-order valence-electron chi connectivity index (χ3n) is 10.1. The van der Waals surface area contributed by atoms with Gasteiger partial charge in [0.15, 0.2) is 0 Å². The van der Waals surface area contributed by atoms with Crippen molar-refractivity contribution in [1.29, 1.82) is 0 Å². The van der Waals surface area contributed by atoms with Gasteiger partial charge in [-0.2, -0.15) is 0 Å². The summed E-state index contributed by atoms with van der Waals surface area (Å²) in [5.41, 5.74) is 13.6. The molecule has 0 aromatic heterocycles. The molecule has 12 rings (SSSR count). The molecule has 2 heterocycles. The van der Waals surface area contributed by atoms with Crippen molar-refractivity contribution >= 4 is 29.9 Å². The van der Waals surface area contributed by atoms with Crippen LogP contribution >= 0.6 is 0 Å². The van der Waals surface area contributed by atoms with E-state index in [1.807, 2.05) is 0 Å². The molecule has 0 N–H and O–H groups in total. The Kier molecular flexibility index (Phi) is 3.03. The van der Waals surface area contributed by atoms with Gasteiger partial charge in [-0.3, -0.25) is 0 Å². The SMILES string of the molecule is c1ccc2c(c1)C1c3ccccc3C23[Se][C@H]2C4c5ccccc5C5([Se]C1[C@H]3[C@@H]25)c1ccccc14. The Bertz CT molecular complexity index is 1370. The third kappa shape index (κ3) is 1.63. The van der Waals surface area contributed by atoms with E-state index >= 15 is 0 Å². The van der Waals surface area contributed by atoms with Crippen molar-refractivity contribution in [1.82, 2.24) is 0 Å². The van der Waals surface area contributed by atoms with Gasteiger partial charge in [0.25, 0.3) is 0 Å². The molecule has 1 unspecified atom stereocenters. The average Bonchev–Trinajstić information content (AvgIpc) is 3.47. The fourth-order valence-corrected chi connectivity index (χ4v) is 20.6. The summed E-state index contributed by atoms with van der Waals surface area (Å²) in [4.78, 5) is 1.62. The zero-order valence-corrected chi connectivity index (χ0v) is 21.9. The Hall–Kier alpha value is -2.08. The van der Waals surface area contributed by atoms with Crippen LogP contribution in [0, 0.1) is 11.8 Å². The van der Waals surface area contributed by atoms with E-state index < -0.39 is 0 Å². The van der Waals surface area contributed by atoms with Gasteiger partial charge in [0.1, 0.15) is 0 Å². The standard InChI is InChI=1S/C32H22Se2/c1-5-13-21-17(9-1)25-18-10-2-6-14-22(18)31(21)27-28-30(34-31)26-19-11-3-7-15-23(19)32(28,33-29(25)27)24-16-8-4-12-20(24)26/h1-16,25-30H/t25?,26?,27-,28+,29-,30?,31?,32?/m0/s1.